The molecule has 1 aromatic heterocycles. The van der Waals surface area contributed by atoms with E-state index in [1.54, 1.807) is 25.0 Å². The Hall–Kier alpha value is -1.68. The molecule has 5 heteroatoms. The highest BCUT2D eigenvalue weighted by molar-refractivity contribution is 6.32. The van der Waals surface area contributed by atoms with Crippen LogP contribution in [-0.2, 0) is 7.05 Å². The lowest BCUT2D eigenvalue weighted by atomic mass is 10.0. The van der Waals surface area contributed by atoms with Crippen molar-refractivity contribution in [3.8, 4) is 16.9 Å². The van der Waals surface area contributed by atoms with Gasteiger partial charge in [0.1, 0.15) is 11.6 Å². The van der Waals surface area contributed by atoms with Crippen LogP contribution in [-0.4, -0.2) is 16.9 Å². The Morgan fingerprint density at radius 2 is 2.06 bits per heavy atom. The number of rotatable bonds is 2. The predicted molar refractivity (Wildman–Crippen MR) is 69.4 cm³/mol. The zero-order chi connectivity index (χ0) is 12.6. The standard InChI is InChI=1S/C12H14ClN3O/c1-7-4-8(11(17-3)10(13)5-7)9-6-15-16(2)12(9)14/h4-6H,14H2,1-3H3. The molecule has 0 saturated heterocycles. The van der Waals surface area contributed by atoms with Gasteiger partial charge in [-0.2, -0.15) is 5.10 Å². The van der Waals surface area contributed by atoms with E-state index < -0.39 is 0 Å². The topological polar surface area (TPSA) is 53.1 Å². The quantitative estimate of drug-likeness (QED) is 0.893. The van der Waals surface area contributed by atoms with Gasteiger partial charge in [0.05, 0.1) is 18.3 Å². The van der Waals surface area contributed by atoms with Crippen LogP contribution in [0.1, 0.15) is 5.56 Å². The van der Waals surface area contributed by atoms with Crippen LogP contribution in [0.15, 0.2) is 18.3 Å². The molecular weight excluding hydrogens is 238 g/mol. The second-order valence-electron chi connectivity index (χ2n) is 3.89. The van der Waals surface area contributed by atoms with Crippen LogP contribution in [0.2, 0.25) is 5.02 Å². The van der Waals surface area contributed by atoms with Crippen LogP contribution in [0.5, 0.6) is 5.75 Å². The van der Waals surface area contributed by atoms with E-state index in [0.717, 1.165) is 16.7 Å². The highest BCUT2D eigenvalue weighted by Crippen LogP contribution is 2.39. The summed E-state index contributed by atoms with van der Waals surface area (Å²) in [5, 5.41) is 4.70. The van der Waals surface area contributed by atoms with Crippen LogP contribution in [0.4, 0.5) is 5.82 Å². The average Bonchev–Trinajstić information content (AvgIpc) is 2.59. The molecule has 0 aliphatic rings. The molecule has 0 atom stereocenters. The summed E-state index contributed by atoms with van der Waals surface area (Å²) in [4.78, 5) is 0. The maximum absolute atomic E-state index is 6.15. The minimum absolute atomic E-state index is 0.575. The monoisotopic (exact) mass is 251 g/mol. The number of aromatic nitrogens is 2. The van der Waals surface area contributed by atoms with E-state index in [2.05, 4.69) is 5.10 Å². The van der Waals surface area contributed by atoms with Gasteiger partial charge >= 0.3 is 0 Å². The molecule has 0 unspecified atom stereocenters. The maximum atomic E-state index is 6.15. The van der Waals surface area contributed by atoms with Gasteiger partial charge in [0, 0.05) is 18.2 Å². The molecule has 17 heavy (non-hydrogen) atoms. The van der Waals surface area contributed by atoms with E-state index in [9.17, 15) is 0 Å². The summed E-state index contributed by atoms with van der Waals surface area (Å²) in [5.41, 5.74) is 8.70. The zero-order valence-electron chi connectivity index (χ0n) is 9.99. The zero-order valence-corrected chi connectivity index (χ0v) is 10.7. The summed E-state index contributed by atoms with van der Waals surface area (Å²) in [6.45, 7) is 1.97. The molecule has 90 valence electrons. The summed E-state index contributed by atoms with van der Waals surface area (Å²) < 4.78 is 6.94. The lowest BCUT2D eigenvalue weighted by molar-refractivity contribution is 0.416. The van der Waals surface area contributed by atoms with Crippen molar-refractivity contribution in [1.82, 2.24) is 9.78 Å². The highest BCUT2D eigenvalue weighted by Gasteiger charge is 2.15. The first-order valence-corrected chi connectivity index (χ1v) is 5.54. The Morgan fingerprint density at radius 1 is 1.35 bits per heavy atom. The smallest absolute Gasteiger partial charge is 0.145 e. The van der Waals surface area contributed by atoms with E-state index >= 15 is 0 Å². The van der Waals surface area contributed by atoms with Gasteiger partial charge in [-0.25, -0.2) is 0 Å². The molecule has 1 aromatic carbocycles. The molecule has 0 aliphatic heterocycles. The number of nitrogen functional groups attached to an aromatic ring is 1. The molecule has 4 nitrogen and oxygen atoms in total. The largest absolute Gasteiger partial charge is 0.495 e. The number of benzene rings is 1. The van der Waals surface area contributed by atoms with E-state index in [0.29, 0.717) is 16.6 Å². The number of halogens is 1. The lowest BCUT2D eigenvalue weighted by Gasteiger charge is -2.11. The van der Waals surface area contributed by atoms with Gasteiger partial charge in [0.25, 0.3) is 0 Å². The fraction of sp³-hybridized carbons (Fsp3) is 0.250. The van der Waals surface area contributed by atoms with Crippen molar-refractivity contribution in [2.24, 2.45) is 7.05 Å². The normalized spacial score (nSPS) is 10.6. The first-order chi connectivity index (χ1) is 8.04. The third-order valence-electron chi connectivity index (χ3n) is 2.67. The summed E-state index contributed by atoms with van der Waals surface area (Å²) >= 11 is 6.15. The summed E-state index contributed by atoms with van der Waals surface area (Å²) in [5.74, 6) is 1.21. The first kappa shape index (κ1) is 11.8. The van der Waals surface area contributed by atoms with Crippen LogP contribution < -0.4 is 10.5 Å². The fourth-order valence-corrected chi connectivity index (χ4v) is 2.14. The Kier molecular flexibility index (Phi) is 2.98. The lowest BCUT2D eigenvalue weighted by Crippen LogP contribution is -1.99. The number of methoxy groups -OCH3 is 1. The van der Waals surface area contributed by atoms with Gasteiger partial charge in [0.15, 0.2) is 0 Å². The Labute approximate surface area is 105 Å². The predicted octanol–water partition coefficient (Wildman–Crippen LogP) is 2.64. The Bertz CT molecular complexity index is 563. The van der Waals surface area contributed by atoms with Gasteiger partial charge in [-0.1, -0.05) is 11.6 Å². The minimum Gasteiger partial charge on any atom is -0.495 e. The summed E-state index contributed by atoms with van der Waals surface area (Å²) in [6.07, 6.45) is 1.71. The van der Waals surface area contributed by atoms with Crippen LogP contribution in [0.3, 0.4) is 0 Å². The van der Waals surface area contributed by atoms with Gasteiger partial charge < -0.3 is 10.5 Å². The molecule has 0 amide bonds. The first-order valence-electron chi connectivity index (χ1n) is 5.16. The van der Waals surface area contributed by atoms with Crippen molar-refractivity contribution >= 4 is 17.4 Å². The summed E-state index contributed by atoms with van der Waals surface area (Å²) in [7, 11) is 3.38. The van der Waals surface area contributed by atoms with Gasteiger partial charge in [-0.05, 0) is 24.6 Å². The number of hydrogen-bond donors (Lipinski definition) is 1. The number of nitrogens with zero attached hydrogens (tertiary/aromatic N) is 2. The number of anilines is 1. The van der Waals surface area contributed by atoms with Crippen molar-refractivity contribution < 1.29 is 4.74 Å². The molecule has 0 spiro atoms. The van der Waals surface area contributed by atoms with Gasteiger partial charge in [-0.3, -0.25) is 4.68 Å². The van der Waals surface area contributed by atoms with Gasteiger partial charge in [-0.15, -0.1) is 0 Å². The fourth-order valence-electron chi connectivity index (χ4n) is 1.79. The molecule has 0 fully saturated rings. The molecule has 0 bridgehead atoms. The molecule has 2 aromatic rings. The van der Waals surface area contributed by atoms with Crippen LogP contribution in [0, 0.1) is 6.92 Å². The maximum Gasteiger partial charge on any atom is 0.145 e. The molecule has 2 rings (SSSR count). The number of nitrogens with two attached hydrogens (primary N) is 1. The number of hydrogen-bond acceptors (Lipinski definition) is 3. The number of ether oxygens (including phenoxy) is 1. The molecule has 0 radical (unpaired) electrons. The van der Waals surface area contributed by atoms with Crippen molar-refractivity contribution in [3.05, 3.63) is 28.9 Å². The minimum atomic E-state index is 0.575. The van der Waals surface area contributed by atoms with E-state index in [4.69, 9.17) is 22.1 Å². The van der Waals surface area contributed by atoms with Crippen LogP contribution >= 0.6 is 11.6 Å². The molecule has 0 aliphatic carbocycles. The second kappa shape index (κ2) is 4.30. The molecule has 2 N–H and O–H groups in total. The molecule has 0 saturated carbocycles. The SMILES string of the molecule is COc1c(Cl)cc(C)cc1-c1cnn(C)c1N. The van der Waals surface area contributed by atoms with Crippen molar-refractivity contribution in [1.29, 1.82) is 0 Å². The van der Waals surface area contributed by atoms with Crippen molar-refractivity contribution in [3.63, 3.8) is 0 Å². The van der Waals surface area contributed by atoms with Crippen LogP contribution in [0.25, 0.3) is 11.1 Å². The van der Waals surface area contributed by atoms with E-state index in [-0.39, 0.29) is 0 Å². The Morgan fingerprint density at radius 3 is 2.59 bits per heavy atom. The Balaban J connectivity index is 2.70. The van der Waals surface area contributed by atoms with Gasteiger partial charge in [0.2, 0.25) is 0 Å². The van der Waals surface area contributed by atoms with Crippen molar-refractivity contribution in [2.75, 3.05) is 12.8 Å². The average molecular weight is 252 g/mol. The highest BCUT2D eigenvalue weighted by atomic mass is 35.5. The summed E-state index contributed by atoms with van der Waals surface area (Å²) in [6, 6.07) is 3.84. The third kappa shape index (κ3) is 1.96. The third-order valence-corrected chi connectivity index (χ3v) is 2.95. The van der Waals surface area contributed by atoms with E-state index in [1.807, 2.05) is 19.1 Å². The van der Waals surface area contributed by atoms with Crippen molar-refractivity contribution in [2.45, 2.75) is 6.92 Å². The number of aryl methyl sites for hydroxylation is 2. The van der Waals surface area contributed by atoms with E-state index in [1.165, 1.54) is 0 Å². The second-order valence-corrected chi connectivity index (χ2v) is 4.30. The molecular formula is C12H14ClN3O. The molecule has 1 heterocycles.